The van der Waals surface area contributed by atoms with Crippen molar-refractivity contribution < 1.29 is 0 Å². The summed E-state index contributed by atoms with van der Waals surface area (Å²) >= 11 is 0. The van der Waals surface area contributed by atoms with Gasteiger partial charge in [-0.2, -0.15) is 5.10 Å². The van der Waals surface area contributed by atoms with Gasteiger partial charge in [-0.1, -0.05) is 12.1 Å². The second-order valence-electron chi connectivity index (χ2n) is 3.23. The van der Waals surface area contributed by atoms with E-state index in [0.717, 1.165) is 16.9 Å². The fraction of sp³-hybridized carbons (Fsp3) is 0.100. The molecule has 0 fully saturated rings. The van der Waals surface area contributed by atoms with Gasteiger partial charge in [0.15, 0.2) is 0 Å². The highest BCUT2D eigenvalue weighted by Crippen LogP contribution is 2.23. The topological polar surface area (TPSA) is 69.9 Å². The van der Waals surface area contributed by atoms with Crippen molar-refractivity contribution >= 4 is 11.4 Å². The molecule has 0 saturated carbocycles. The zero-order valence-corrected chi connectivity index (χ0v) is 7.94. The number of aromatic nitrogens is 2. The molecule has 4 N–H and O–H groups in total. The Hall–Kier alpha value is -1.97. The highest BCUT2D eigenvalue weighted by Gasteiger charge is 2.05. The first-order chi connectivity index (χ1) is 6.66. The molecule has 2 rings (SSSR count). The van der Waals surface area contributed by atoms with Crippen LogP contribution in [-0.2, 0) is 7.05 Å². The first kappa shape index (κ1) is 8.62. The van der Waals surface area contributed by atoms with Gasteiger partial charge in [-0.15, -0.1) is 0 Å². The van der Waals surface area contributed by atoms with Gasteiger partial charge in [0.25, 0.3) is 0 Å². The van der Waals surface area contributed by atoms with Crippen LogP contribution in [0, 0.1) is 0 Å². The molecule has 1 heterocycles. The molecule has 0 amide bonds. The number of benzene rings is 1. The number of nitrogen functional groups attached to an aromatic ring is 2. The van der Waals surface area contributed by atoms with Crippen LogP contribution in [0.5, 0.6) is 0 Å². The van der Waals surface area contributed by atoms with Gasteiger partial charge in [-0.3, -0.25) is 4.68 Å². The Kier molecular flexibility index (Phi) is 1.89. The van der Waals surface area contributed by atoms with E-state index in [-0.39, 0.29) is 0 Å². The molecule has 0 spiro atoms. The SMILES string of the molecule is Cn1cc(N)c(-c2ccc(N)cc2)n1. The molecule has 0 saturated heterocycles. The van der Waals surface area contributed by atoms with Crippen LogP contribution >= 0.6 is 0 Å². The van der Waals surface area contributed by atoms with Gasteiger partial charge >= 0.3 is 0 Å². The maximum Gasteiger partial charge on any atom is 0.115 e. The summed E-state index contributed by atoms with van der Waals surface area (Å²) in [5.74, 6) is 0. The summed E-state index contributed by atoms with van der Waals surface area (Å²) in [5, 5.41) is 4.26. The lowest BCUT2D eigenvalue weighted by molar-refractivity contribution is 0.771. The highest BCUT2D eigenvalue weighted by molar-refractivity contribution is 5.72. The molecule has 0 aliphatic heterocycles. The van der Waals surface area contributed by atoms with Crippen LogP contribution in [0.25, 0.3) is 11.3 Å². The lowest BCUT2D eigenvalue weighted by Crippen LogP contribution is -1.89. The van der Waals surface area contributed by atoms with E-state index in [4.69, 9.17) is 11.5 Å². The van der Waals surface area contributed by atoms with Crippen LogP contribution in [0.2, 0.25) is 0 Å². The van der Waals surface area contributed by atoms with Crippen LogP contribution in [0.3, 0.4) is 0 Å². The second-order valence-corrected chi connectivity index (χ2v) is 3.23. The average molecular weight is 188 g/mol. The van der Waals surface area contributed by atoms with Crippen molar-refractivity contribution in [1.29, 1.82) is 0 Å². The Morgan fingerprint density at radius 2 is 1.79 bits per heavy atom. The van der Waals surface area contributed by atoms with Crippen LogP contribution in [0.1, 0.15) is 0 Å². The maximum absolute atomic E-state index is 5.80. The fourth-order valence-corrected chi connectivity index (χ4v) is 1.37. The molecule has 0 aliphatic carbocycles. The number of hydrogen-bond donors (Lipinski definition) is 2. The number of nitrogens with zero attached hydrogens (tertiary/aromatic N) is 2. The van der Waals surface area contributed by atoms with E-state index in [0.29, 0.717) is 5.69 Å². The summed E-state index contributed by atoms with van der Waals surface area (Å²) in [6.07, 6.45) is 1.78. The zero-order chi connectivity index (χ0) is 10.1. The smallest absolute Gasteiger partial charge is 0.115 e. The van der Waals surface area contributed by atoms with E-state index in [9.17, 15) is 0 Å². The third-order valence-electron chi connectivity index (χ3n) is 2.04. The first-order valence-corrected chi connectivity index (χ1v) is 4.32. The largest absolute Gasteiger partial charge is 0.399 e. The van der Waals surface area contributed by atoms with Crippen molar-refractivity contribution in [2.45, 2.75) is 0 Å². The van der Waals surface area contributed by atoms with Crippen LogP contribution in [0.15, 0.2) is 30.5 Å². The Labute approximate surface area is 82.1 Å². The summed E-state index contributed by atoms with van der Waals surface area (Å²) < 4.78 is 1.70. The van der Waals surface area contributed by atoms with Crippen molar-refractivity contribution in [2.75, 3.05) is 11.5 Å². The predicted octanol–water partition coefficient (Wildman–Crippen LogP) is 1.25. The normalized spacial score (nSPS) is 10.4. The number of aryl methyl sites for hydroxylation is 1. The fourth-order valence-electron chi connectivity index (χ4n) is 1.37. The molecule has 14 heavy (non-hydrogen) atoms. The highest BCUT2D eigenvalue weighted by atomic mass is 15.3. The van der Waals surface area contributed by atoms with E-state index in [1.807, 2.05) is 31.3 Å². The van der Waals surface area contributed by atoms with Crippen LogP contribution in [-0.4, -0.2) is 9.78 Å². The molecular formula is C10H12N4. The van der Waals surface area contributed by atoms with E-state index in [1.54, 1.807) is 10.9 Å². The van der Waals surface area contributed by atoms with E-state index in [2.05, 4.69) is 5.10 Å². The van der Waals surface area contributed by atoms with E-state index in [1.165, 1.54) is 0 Å². The quantitative estimate of drug-likeness (QED) is 0.662. The Morgan fingerprint density at radius 1 is 1.14 bits per heavy atom. The van der Waals surface area contributed by atoms with Crippen molar-refractivity contribution in [3.05, 3.63) is 30.5 Å². The lowest BCUT2D eigenvalue weighted by atomic mass is 10.1. The summed E-state index contributed by atoms with van der Waals surface area (Å²) in [7, 11) is 1.84. The third-order valence-corrected chi connectivity index (χ3v) is 2.04. The Morgan fingerprint density at radius 3 is 2.29 bits per heavy atom. The third kappa shape index (κ3) is 1.42. The molecule has 0 unspecified atom stereocenters. The van der Waals surface area contributed by atoms with Crippen LogP contribution in [0.4, 0.5) is 11.4 Å². The van der Waals surface area contributed by atoms with Gasteiger partial charge in [0.1, 0.15) is 5.69 Å². The van der Waals surface area contributed by atoms with Crippen molar-refractivity contribution in [2.24, 2.45) is 7.05 Å². The number of anilines is 2. The standard InChI is InChI=1S/C10H12N4/c1-14-6-9(12)10(13-14)7-2-4-8(11)5-3-7/h2-6H,11-12H2,1H3. The summed E-state index contributed by atoms with van der Waals surface area (Å²) in [5.41, 5.74) is 14.6. The molecule has 72 valence electrons. The minimum atomic E-state index is 0.678. The summed E-state index contributed by atoms with van der Waals surface area (Å²) in [6, 6.07) is 7.49. The number of nitrogens with two attached hydrogens (primary N) is 2. The summed E-state index contributed by atoms with van der Waals surface area (Å²) in [4.78, 5) is 0. The van der Waals surface area contributed by atoms with E-state index >= 15 is 0 Å². The van der Waals surface area contributed by atoms with Crippen molar-refractivity contribution in [1.82, 2.24) is 9.78 Å². The minimum Gasteiger partial charge on any atom is -0.399 e. The zero-order valence-electron chi connectivity index (χ0n) is 7.94. The first-order valence-electron chi connectivity index (χ1n) is 4.32. The number of rotatable bonds is 1. The second kappa shape index (κ2) is 3.06. The van der Waals surface area contributed by atoms with Gasteiger partial charge in [0, 0.05) is 24.5 Å². The Balaban J connectivity index is 2.49. The van der Waals surface area contributed by atoms with Crippen LogP contribution < -0.4 is 11.5 Å². The molecule has 4 heteroatoms. The molecule has 2 aromatic rings. The van der Waals surface area contributed by atoms with Crippen molar-refractivity contribution in [3.63, 3.8) is 0 Å². The maximum atomic E-state index is 5.80. The monoisotopic (exact) mass is 188 g/mol. The van der Waals surface area contributed by atoms with Gasteiger partial charge in [0.2, 0.25) is 0 Å². The number of hydrogen-bond acceptors (Lipinski definition) is 3. The molecule has 0 radical (unpaired) electrons. The van der Waals surface area contributed by atoms with Gasteiger partial charge in [0.05, 0.1) is 5.69 Å². The Bertz CT molecular complexity index is 442. The van der Waals surface area contributed by atoms with Crippen molar-refractivity contribution in [3.8, 4) is 11.3 Å². The van der Waals surface area contributed by atoms with Gasteiger partial charge in [-0.05, 0) is 12.1 Å². The molecule has 1 aromatic carbocycles. The molecule has 0 bridgehead atoms. The predicted molar refractivity (Wildman–Crippen MR) is 57.5 cm³/mol. The summed E-state index contributed by atoms with van der Waals surface area (Å²) in [6.45, 7) is 0. The van der Waals surface area contributed by atoms with E-state index < -0.39 is 0 Å². The minimum absolute atomic E-state index is 0.678. The molecule has 0 atom stereocenters. The van der Waals surface area contributed by atoms with Gasteiger partial charge in [-0.25, -0.2) is 0 Å². The average Bonchev–Trinajstić information content (AvgIpc) is 2.47. The lowest BCUT2D eigenvalue weighted by Gasteiger charge is -1.98. The van der Waals surface area contributed by atoms with Gasteiger partial charge < -0.3 is 11.5 Å². The molecule has 0 aliphatic rings. The molecule has 1 aromatic heterocycles. The molecular weight excluding hydrogens is 176 g/mol. The molecule has 4 nitrogen and oxygen atoms in total.